The van der Waals surface area contributed by atoms with Gasteiger partial charge in [-0.25, -0.2) is 0 Å². The lowest BCUT2D eigenvalue weighted by Gasteiger charge is -2.37. The van der Waals surface area contributed by atoms with Crippen LogP contribution >= 0.6 is 7.60 Å². The van der Waals surface area contributed by atoms with Gasteiger partial charge in [0, 0.05) is 0 Å². The average molecular weight is 910 g/mol. The van der Waals surface area contributed by atoms with Crippen LogP contribution in [-0.4, -0.2) is 19.4 Å². The summed E-state index contributed by atoms with van der Waals surface area (Å²) in [5, 5.41) is 0. The Morgan fingerprint density at radius 3 is 0.968 bits per heavy atom. The molecule has 0 heterocycles. The first-order valence-corrected chi connectivity index (χ1v) is 31.2. The molecule has 63 heavy (non-hydrogen) atoms. The molecule has 0 saturated heterocycles. The van der Waals surface area contributed by atoms with Crippen LogP contribution in [0, 0.1) is 41.4 Å². The van der Waals surface area contributed by atoms with Crippen LogP contribution < -0.4 is 0 Å². The highest BCUT2D eigenvalue weighted by molar-refractivity contribution is 7.53. The predicted octanol–water partition coefficient (Wildman–Crippen LogP) is 21.9. The van der Waals surface area contributed by atoms with Gasteiger partial charge in [0.25, 0.3) is 0 Å². The molecule has 0 spiro atoms. The lowest BCUT2D eigenvalue weighted by molar-refractivity contribution is 0.148. The minimum Gasteiger partial charge on any atom is -0.309 e. The van der Waals surface area contributed by atoms with Gasteiger partial charge in [-0.2, -0.15) is 0 Å². The van der Waals surface area contributed by atoms with Crippen LogP contribution in [0.5, 0.6) is 0 Å². The lowest BCUT2D eigenvalue weighted by Crippen LogP contribution is -2.28. The van der Waals surface area contributed by atoms with E-state index >= 15 is 0 Å². The SMILES string of the molecule is CCCCCCCCCCC(CCC(C)C(CCCCCCCCCC)CC(CCCCCCCCCC)C(C)C(CCCCCCCCCC)CP(=O)(OCC)OCC)C(C)C. The Hall–Kier alpha value is 0.150. The van der Waals surface area contributed by atoms with Crippen LogP contribution in [0.1, 0.15) is 320 Å². The van der Waals surface area contributed by atoms with Crippen molar-refractivity contribution in [3.05, 3.63) is 0 Å². The van der Waals surface area contributed by atoms with E-state index in [0.717, 1.165) is 23.7 Å². The third kappa shape index (κ3) is 36.8. The van der Waals surface area contributed by atoms with Crippen LogP contribution in [0.3, 0.4) is 0 Å². The zero-order valence-electron chi connectivity index (χ0n) is 45.4. The van der Waals surface area contributed by atoms with Crippen molar-refractivity contribution in [1.82, 2.24) is 0 Å². The maximum absolute atomic E-state index is 14.3. The Balaban J connectivity index is 6.27. The predicted molar refractivity (Wildman–Crippen MR) is 286 cm³/mol. The van der Waals surface area contributed by atoms with E-state index in [1.165, 1.54) is 250 Å². The number of hydrogen-bond donors (Lipinski definition) is 0. The Morgan fingerprint density at radius 2 is 0.635 bits per heavy atom. The molecule has 3 nitrogen and oxygen atoms in total. The first-order valence-electron chi connectivity index (χ1n) is 29.5. The van der Waals surface area contributed by atoms with Crippen molar-refractivity contribution in [2.75, 3.05) is 19.4 Å². The van der Waals surface area contributed by atoms with Crippen molar-refractivity contribution < 1.29 is 13.6 Å². The van der Waals surface area contributed by atoms with E-state index in [-0.39, 0.29) is 0 Å². The minimum absolute atomic E-state index is 0.393. The van der Waals surface area contributed by atoms with Gasteiger partial charge in [0.2, 0.25) is 0 Å². The summed E-state index contributed by atoms with van der Waals surface area (Å²) in [6.45, 7) is 24.5. The Kier molecular flexibility index (Phi) is 46.0. The molecule has 4 heteroatoms. The summed E-state index contributed by atoms with van der Waals surface area (Å²) < 4.78 is 26.5. The van der Waals surface area contributed by atoms with Crippen molar-refractivity contribution in [3.8, 4) is 0 Å². The van der Waals surface area contributed by atoms with E-state index in [1.807, 2.05) is 13.8 Å². The Bertz CT molecular complexity index is 941. The fourth-order valence-electron chi connectivity index (χ4n) is 11.0. The molecule has 0 bridgehead atoms. The summed E-state index contributed by atoms with van der Waals surface area (Å²) >= 11 is 0. The molecule has 0 saturated carbocycles. The molecule has 380 valence electrons. The van der Waals surface area contributed by atoms with Gasteiger partial charge >= 0.3 is 7.60 Å². The zero-order chi connectivity index (χ0) is 46.7. The molecule has 0 rings (SSSR count). The molecule has 0 fully saturated rings. The second-order valence-electron chi connectivity index (χ2n) is 21.6. The van der Waals surface area contributed by atoms with Crippen molar-refractivity contribution >= 4 is 7.60 Å². The van der Waals surface area contributed by atoms with Crippen LogP contribution in [0.4, 0.5) is 0 Å². The summed E-state index contributed by atoms with van der Waals surface area (Å²) in [7, 11) is -3.13. The molecule has 0 aliphatic carbocycles. The standard InChI is InChI=1S/C59H121O3P/c1-11-17-21-25-29-33-37-41-45-56(53(7)8)50-49-54(9)57(46-42-38-34-30-26-22-18-12-2)51-58(47-43-39-35-31-27-23-19-13-3)55(10)59(52-63(60,61-15-5)62-16-6)48-44-40-36-32-28-24-20-14-4/h53-59H,11-52H2,1-10H3. The summed E-state index contributed by atoms with van der Waals surface area (Å²) in [5.74, 6) is 4.82. The highest BCUT2D eigenvalue weighted by atomic mass is 31.2. The first-order chi connectivity index (χ1) is 30.6. The highest BCUT2D eigenvalue weighted by Gasteiger charge is 2.35. The maximum Gasteiger partial charge on any atom is 0.330 e. The molecule has 0 N–H and O–H groups in total. The van der Waals surface area contributed by atoms with E-state index < -0.39 is 7.60 Å². The molecule has 6 unspecified atom stereocenters. The third-order valence-electron chi connectivity index (χ3n) is 15.7. The molecule has 0 aromatic rings. The summed E-state index contributed by atoms with van der Waals surface area (Å²) in [5.41, 5.74) is 0. The Morgan fingerprint density at radius 1 is 0.333 bits per heavy atom. The smallest absolute Gasteiger partial charge is 0.309 e. The van der Waals surface area contributed by atoms with Crippen molar-refractivity contribution in [2.45, 2.75) is 320 Å². The molecule has 6 atom stereocenters. The fraction of sp³-hybridized carbons (Fsp3) is 1.00. The van der Waals surface area contributed by atoms with E-state index in [1.54, 1.807) is 0 Å². The molecule has 0 radical (unpaired) electrons. The highest BCUT2D eigenvalue weighted by Crippen LogP contribution is 2.53. The topological polar surface area (TPSA) is 35.5 Å². The van der Waals surface area contributed by atoms with Crippen molar-refractivity contribution in [2.24, 2.45) is 41.4 Å². The van der Waals surface area contributed by atoms with E-state index in [0.29, 0.717) is 37.1 Å². The van der Waals surface area contributed by atoms with Crippen LogP contribution in [0.15, 0.2) is 0 Å². The van der Waals surface area contributed by atoms with Gasteiger partial charge in [-0.1, -0.05) is 287 Å². The average Bonchev–Trinajstić information content (AvgIpc) is 3.26. The largest absolute Gasteiger partial charge is 0.330 e. The van der Waals surface area contributed by atoms with Crippen LogP contribution in [-0.2, 0) is 13.6 Å². The van der Waals surface area contributed by atoms with Gasteiger partial charge < -0.3 is 9.05 Å². The number of hydrogen-bond acceptors (Lipinski definition) is 3. The van der Waals surface area contributed by atoms with Gasteiger partial charge in [0.15, 0.2) is 0 Å². The lowest BCUT2D eigenvalue weighted by atomic mass is 9.70. The molecule has 0 aliphatic rings. The number of rotatable bonds is 51. The molecular weight excluding hydrogens is 788 g/mol. The van der Waals surface area contributed by atoms with Crippen molar-refractivity contribution in [1.29, 1.82) is 0 Å². The molecule has 0 aromatic carbocycles. The van der Waals surface area contributed by atoms with Gasteiger partial charge in [-0.15, -0.1) is 0 Å². The summed E-state index contributed by atoms with van der Waals surface area (Å²) in [6.07, 6.45) is 54.5. The van der Waals surface area contributed by atoms with E-state index in [2.05, 4.69) is 55.4 Å². The maximum atomic E-state index is 14.3. The van der Waals surface area contributed by atoms with Crippen LogP contribution in [0.25, 0.3) is 0 Å². The fourth-order valence-corrected chi connectivity index (χ4v) is 13.2. The van der Waals surface area contributed by atoms with Crippen molar-refractivity contribution in [3.63, 3.8) is 0 Å². The molecule has 0 aliphatic heterocycles. The Labute approximate surface area is 400 Å². The minimum atomic E-state index is -3.13. The summed E-state index contributed by atoms with van der Waals surface area (Å²) in [6, 6.07) is 0. The third-order valence-corrected chi connectivity index (χ3v) is 17.9. The van der Waals surface area contributed by atoms with Crippen LogP contribution in [0.2, 0.25) is 0 Å². The molecular formula is C59H121O3P. The van der Waals surface area contributed by atoms with E-state index in [4.69, 9.17) is 9.05 Å². The first kappa shape index (κ1) is 63.1. The normalized spacial score (nSPS) is 15.2. The van der Waals surface area contributed by atoms with E-state index in [9.17, 15) is 4.57 Å². The quantitative estimate of drug-likeness (QED) is 0.0451. The second kappa shape index (κ2) is 45.9. The summed E-state index contributed by atoms with van der Waals surface area (Å²) in [4.78, 5) is 0. The molecule has 0 amide bonds. The monoisotopic (exact) mass is 909 g/mol. The number of unbranched alkanes of at least 4 members (excludes halogenated alkanes) is 28. The van der Waals surface area contributed by atoms with Gasteiger partial charge in [0.05, 0.1) is 19.4 Å². The second-order valence-corrected chi connectivity index (χ2v) is 23.7. The van der Waals surface area contributed by atoms with Gasteiger partial charge in [-0.3, -0.25) is 4.57 Å². The zero-order valence-corrected chi connectivity index (χ0v) is 46.3. The van der Waals surface area contributed by atoms with Gasteiger partial charge in [-0.05, 0) is 74.5 Å². The van der Waals surface area contributed by atoms with Gasteiger partial charge in [0.1, 0.15) is 0 Å². The molecule has 0 aromatic heterocycles.